The third-order valence-corrected chi connectivity index (χ3v) is 6.06. The van der Waals surface area contributed by atoms with E-state index in [9.17, 15) is 4.79 Å². The summed E-state index contributed by atoms with van der Waals surface area (Å²) >= 11 is 0. The van der Waals surface area contributed by atoms with E-state index >= 15 is 0 Å². The molecule has 3 nitrogen and oxygen atoms in total. The second kappa shape index (κ2) is 7.63. The Balaban J connectivity index is 1.62. The van der Waals surface area contributed by atoms with Gasteiger partial charge in [0.2, 0.25) is 5.91 Å². The second-order valence-corrected chi connectivity index (χ2v) is 8.25. The first-order valence-corrected chi connectivity index (χ1v) is 9.81. The molecule has 3 atom stereocenters. The molecule has 1 fully saturated rings. The molecule has 0 aliphatic heterocycles. The summed E-state index contributed by atoms with van der Waals surface area (Å²) in [6.07, 6.45) is 4.39. The van der Waals surface area contributed by atoms with Crippen LogP contribution in [0.2, 0.25) is 0 Å². The number of aromatic amines is 1. The van der Waals surface area contributed by atoms with Gasteiger partial charge in [0.1, 0.15) is 0 Å². The van der Waals surface area contributed by atoms with E-state index in [1.165, 1.54) is 35.0 Å². The number of hydrogen-bond acceptors (Lipinski definition) is 1. The SMILES string of the molecule is Cc1[nH]c2ccccc2c1CCNC(=O)[C@@H]1C[C@H](C)CC[C@H]1C(C)C. The van der Waals surface area contributed by atoms with Crippen LogP contribution in [0, 0.1) is 30.6 Å². The van der Waals surface area contributed by atoms with Gasteiger partial charge in [-0.1, -0.05) is 45.4 Å². The van der Waals surface area contributed by atoms with Crippen molar-refractivity contribution in [3.05, 3.63) is 35.5 Å². The van der Waals surface area contributed by atoms with E-state index in [1.54, 1.807) is 0 Å². The largest absolute Gasteiger partial charge is 0.358 e. The van der Waals surface area contributed by atoms with Gasteiger partial charge in [-0.3, -0.25) is 4.79 Å². The first-order chi connectivity index (χ1) is 12.0. The van der Waals surface area contributed by atoms with E-state index in [0.717, 1.165) is 19.4 Å². The topological polar surface area (TPSA) is 44.9 Å². The molecule has 1 aliphatic carbocycles. The minimum atomic E-state index is 0.188. The number of nitrogens with one attached hydrogen (secondary N) is 2. The van der Waals surface area contributed by atoms with Crippen molar-refractivity contribution in [2.24, 2.45) is 23.7 Å². The van der Waals surface area contributed by atoms with Crippen LogP contribution in [0.5, 0.6) is 0 Å². The Morgan fingerprint density at radius 1 is 1.28 bits per heavy atom. The third kappa shape index (κ3) is 3.91. The van der Waals surface area contributed by atoms with Crippen molar-refractivity contribution in [3.8, 4) is 0 Å². The number of aromatic nitrogens is 1. The highest BCUT2D eigenvalue weighted by atomic mass is 16.1. The normalized spacial score (nSPS) is 24.0. The van der Waals surface area contributed by atoms with Crippen molar-refractivity contribution in [1.82, 2.24) is 10.3 Å². The second-order valence-electron chi connectivity index (χ2n) is 8.25. The molecule has 1 heterocycles. The number of rotatable bonds is 5. The number of aryl methyl sites for hydroxylation is 1. The van der Waals surface area contributed by atoms with Crippen LogP contribution in [-0.2, 0) is 11.2 Å². The van der Waals surface area contributed by atoms with Crippen LogP contribution < -0.4 is 5.32 Å². The summed E-state index contributed by atoms with van der Waals surface area (Å²) in [4.78, 5) is 16.3. The van der Waals surface area contributed by atoms with E-state index in [-0.39, 0.29) is 11.8 Å². The molecule has 2 N–H and O–H groups in total. The van der Waals surface area contributed by atoms with Crippen molar-refractivity contribution in [2.45, 2.75) is 53.4 Å². The molecule has 0 bridgehead atoms. The summed E-state index contributed by atoms with van der Waals surface area (Å²) in [5.74, 6) is 2.24. The Hall–Kier alpha value is -1.77. The maximum Gasteiger partial charge on any atom is 0.223 e. The molecule has 2 aromatic rings. The maximum absolute atomic E-state index is 12.8. The van der Waals surface area contributed by atoms with E-state index in [1.807, 2.05) is 0 Å². The molecule has 25 heavy (non-hydrogen) atoms. The Morgan fingerprint density at radius 2 is 2.04 bits per heavy atom. The Labute approximate surface area is 151 Å². The van der Waals surface area contributed by atoms with Crippen molar-refractivity contribution in [3.63, 3.8) is 0 Å². The first kappa shape index (κ1) is 18.0. The zero-order valence-electron chi connectivity index (χ0n) is 16.1. The minimum Gasteiger partial charge on any atom is -0.358 e. The van der Waals surface area contributed by atoms with Gasteiger partial charge in [-0.2, -0.15) is 0 Å². The Bertz CT molecular complexity index is 731. The van der Waals surface area contributed by atoms with Crippen LogP contribution >= 0.6 is 0 Å². The lowest BCUT2D eigenvalue weighted by Crippen LogP contribution is -2.40. The van der Waals surface area contributed by atoms with Crippen LogP contribution in [-0.4, -0.2) is 17.4 Å². The number of benzene rings is 1. The summed E-state index contributed by atoms with van der Waals surface area (Å²) in [6, 6.07) is 8.41. The van der Waals surface area contributed by atoms with Gasteiger partial charge >= 0.3 is 0 Å². The molecule has 1 saturated carbocycles. The highest BCUT2D eigenvalue weighted by Crippen LogP contribution is 2.38. The fraction of sp³-hybridized carbons (Fsp3) is 0.591. The van der Waals surface area contributed by atoms with Gasteiger partial charge in [-0.25, -0.2) is 0 Å². The van der Waals surface area contributed by atoms with Crippen molar-refractivity contribution >= 4 is 16.8 Å². The average molecular weight is 341 g/mol. The van der Waals surface area contributed by atoms with Gasteiger partial charge in [0.05, 0.1) is 0 Å². The molecule has 136 valence electrons. The molecule has 1 aromatic carbocycles. The van der Waals surface area contributed by atoms with Gasteiger partial charge in [-0.05, 0) is 55.6 Å². The van der Waals surface area contributed by atoms with Crippen molar-refractivity contribution in [1.29, 1.82) is 0 Å². The van der Waals surface area contributed by atoms with Gasteiger partial charge in [0.25, 0.3) is 0 Å². The quantitative estimate of drug-likeness (QED) is 0.803. The molecule has 0 unspecified atom stereocenters. The number of hydrogen-bond donors (Lipinski definition) is 2. The van der Waals surface area contributed by atoms with Crippen LogP contribution in [0.1, 0.15) is 51.3 Å². The highest BCUT2D eigenvalue weighted by Gasteiger charge is 2.35. The fourth-order valence-corrected chi connectivity index (χ4v) is 4.60. The van der Waals surface area contributed by atoms with Crippen LogP contribution in [0.3, 0.4) is 0 Å². The summed E-state index contributed by atoms with van der Waals surface area (Å²) in [7, 11) is 0. The molecular formula is C22H32N2O. The molecule has 0 radical (unpaired) electrons. The number of H-pyrrole nitrogens is 1. The van der Waals surface area contributed by atoms with Crippen LogP contribution in [0.15, 0.2) is 24.3 Å². The lowest BCUT2D eigenvalue weighted by Gasteiger charge is -2.36. The molecule has 1 aliphatic rings. The molecule has 0 spiro atoms. The molecule has 0 saturated heterocycles. The minimum absolute atomic E-state index is 0.188. The predicted molar refractivity (Wildman–Crippen MR) is 105 cm³/mol. The summed E-state index contributed by atoms with van der Waals surface area (Å²) in [6.45, 7) is 9.64. The third-order valence-electron chi connectivity index (χ3n) is 6.06. The van der Waals surface area contributed by atoms with E-state index in [4.69, 9.17) is 0 Å². The molecule has 3 heteroatoms. The van der Waals surface area contributed by atoms with E-state index in [0.29, 0.717) is 17.8 Å². The van der Waals surface area contributed by atoms with Crippen molar-refractivity contribution in [2.75, 3.05) is 6.54 Å². The summed E-state index contributed by atoms with van der Waals surface area (Å²) in [5, 5.41) is 4.51. The van der Waals surface area contributed by atoms with Gasteiger partial charge in [0, 0.05) is 29.1 Å². The van der Waals surface area contributed by atoms with E-state index < -0.39 is 0 Å². The smallest absolute Gasteiger partial charge is 0.223 e. The zero-order chi connectivity index (χ0) is 18.0. The summed E-state index contributed by atoms with van der Waals surface area (Å²) < 4.78 is 0. The van der Waals surface area contributed by atoms with Crippen molar-refractivity contribution < 1.29 is 4.79 Å². The lowest BCUT2D eigenvalue weighted by atomic mass is 9.70. The number of fused-ring (bicyclic) bond motifs is 1. The van der Waals surface area contributed by atoms with Gasteiger partial charge in [0.15, 0.2) is 0 Å². The number of carbonyl (C=O) groups is 1. The molecular weight excluding hydrogens is 308 g/mol. The molecule has 3 rings (SSSR count). The molecule has 1 aromatic heterocycles. The standard InChI is InChI=1S/C22H32N2O/c1-14(2)17-10-9-15(3)13-20(17)22(25)23-12-11-18-16(4)24-21-8-6-5-7-19(18)21/h5-8,14-15,17,20,24H,9-13H2,1-4H3,(H,23,25)/t15-,17+,20-/m1/s1. The Morgan fingerprint density at radius 3 is 2.80 bits per heavy atom. The summed E-state index contributed by atoms with van der Waals surface area (Å²) in [5.41, 5.74) is 3.72. The van der Waals surface area contributed by atoms with E-state index in [2.05, 4.69) is 62.3 Å². The highest BCUT2D eigenvalue weighted by molar-refractivity contribution is 5.84. The number of para-hydroxylation sites is 1. The lowest BCUT2D eigenvalue weighted by molar-refractivity contribution is -0.129. The van der Waals surface area contributed by atoms with Gasteiger partial charge in [-0.15, -0.1) is 0 Å². The van der Waals surface area contributed by atoms with Crippen LogP contribution in [0.4, 0.5) is 0 Å². The van der Waals surface area contributed by atoms with Gasteiger partial charge < -0.3 is 10.3 Å². The maximum atomic E-state index is 12.8. The predicted octanol–water partition coefficient (Wildman–Crippen LogP) is 4.84. The average Bonchev–Trinajstić information content (AvgIpc) is 2.90. The Kier molecular flexibility index (Phi) is 5.51. The van der Waals surface area contributed by atoms with Crippen LogP contribution in [0.25, 0.3) is 10.9 Å². The monoisotopic (exact) mass is 340 g/mol. The first-order valence-electron chi connectivity index (χ1n) is 9.81. The number of carbonyl (C=O) groups excluding carboxylic acids is 1. The zero-order valence-corrected chi connectivity index (χ0v) is 16.1. The number of amides is 1. The fourth-order valence-electron chi connectivity index (χ4n) is 4.60. The molecule has 1 amide bonds.